The van der Waals surface area contributed by atoms with Crippen LogP contribution in [0, 0.1) is 0 Å². The average Bonchev–Trinajstić information content (AvgIpc) is 2.58. The highest BCUT2D eigenvalue weighted by Crippen LogP contribution is 2.09. The normalized spacial score (nSPS) is 13.1. The van der Waals surface area contributed by atoms with E-state index in [1.54, 1.807) is 27.7 Å². The molecule has 0 saturated carbocycles. The number of esters is 1. The number of alkyl carbamates (subject to hydrolysis) is 2. The van der Waals surface area contributed by atoms with Crippen LogP contribution in [0.5, 0.6) is 0 Å². The summed E-state index contributed by atoms with van der Waals surface area (Å²) in [7, 11) is 1.25. The number of methoxy groups -OCH3 is 1. The number of benzene rings is 1. The maximum absolute atomic E-state index is 12.1. The fraction of sp³-hybridized carbons (Fsp3) is 0.526. The first-order valence-electron chi connectivity index (χ1n) is 8.64. The molecule has 1 aromatic carbocycles. The highest BCUT2D eigenvalue weighted by molar-refractivity contribution is 5.73. The Morgan fingerprint density at radius 3 is 2.22 bits per heavy atom. The fourth-order valence-corrected chi connectivity index (χ4v) is 2.13. The number of carbonyl (C=O) groups is 3. The number of rotatable bonds is 7. The van der Waals surface area contributed by atoms with Crippen molar-refractivity contribution in [2.75, 3.05) is 7.11 Å². The Morgan fingerprint density at radius 2 is 1.67 bits per heavy atom. The van der Waals surface area contributed by atoms with Crippen molar-refractivity contribution in [3.63, 3.8) is 0 Å². The van der Waals surface area contributed by atoms with Gasteiger partial charge in [0.25, 0.3) is 0 Å². The van der Waals surface area contributed by atoms with E-state index in [1.165, 1.54) is 7.11 Å². The zero-order valence-corrected chi connectivity index (χ0v) is 16.4. The van der Waals surface area contributed by atoms with E-state index in [9.17, 15) is 14.4 Å². The second-order valence-electron chi connectivity index (χ2n) is 7.03. The molecule has 150 valence electrons. The Morgan fingerprint density at radius 1 is 1.04 bits per heavy atom. The molecule has 0 saturated heterocycles. The van der Waals surface area contributed by atoms with Gasteiger partial charge in [-0.2, -0.15) is 0 Å². The van der Waals surface area contributed by atoms with E-state index < -0.39 is 35.8 Å². The zero-order valence-electron chi connectivity index (χ0n) is 16.4. The van der Waals surface area contributed by atoms with Gasteiger partial charge in [-0.15, -0.1) is 0 Å². The first-order valence-corrected chi connectivity index (χ1v) is 8.64. The van der Waals surface area contributed by atoms with E-state index >= 15 is 0 Å². The molecule has 2 atom stereocenters. The second kappa shape index (κ2) is 10.4. The highest BCUT2D eigenvalue weighted by Gasteiger charge is 2.27. The third kappa shape index (κ3) is 9.48. The third-order valence-corrected chi connectivity index (χ3v) is 3.48. The van der Waals surface area contributed by atoms with Crippen molar-refractivity contribution in [2.45, 2.75) is 58.4 Å². The number of carbonyl (C=O) groups excluding carboxylic acids is 3. The van der Waals surface area contributed by atoms with Gasteiger partial charge >= 0.3 is 18.2 Å². The van der Waals surface area contributed by atoms with Gasteiger partial charge in [0.15, 0.2) is 0 Å². The Kier molecular flexibility index (Phi) is 8.58. The summed E-state index contributed by atoms with van der Waals surface area (Å²) in [5, 5.41) is 5.19. The largest absolute Gasteiger partial charge is 0.469 e. The summed E-state index contributed by atoms with van der Waals surface area (Å²) in [6.45, 7) is 6.95. The van der Waals surface area contributed by atoms with Crippen LogP contribution in [0.25, 0.3) is 0 Å². The van der Waals surface area contributed by atoms with Gasteiger partial charge in [0.05, 0.1) is 25.6 Å². The van der Waals surface area contributed by atoms with Crippen LogP contribution in [-0.2, 0) is 25.6 Å². The quantitative estimate of drug-likeness (QED) is 0.557. The van der Waals surface area contributed by atoms with Gasteiger partial charge in [0.1, 0.15) is 12.2 Å². The predicted molar refractivity (Wildman–Crippen MR) is 99.0 cm³/mol. The van der Waals surface area contributed by atoms with Gasteiger partial charge in [0, 0.05) is 0 Å². The summed E-state index contributed by atoms with van der Waals surface area (Å²) in [6, 6.07) is 7.86. The maximum Gasteiger partial charge on any atom is 0.407 e. The Labute approximate surface area is 159 Å². The number of ether oxygens (including phenoxy) is 3. The van der Waals surface area contributed by atoms with E-state index in [-0.39, 0.29) is 13.0 Å². The van der Waals surface area contributed by atoms with Crippen molar-refractivity contribution in [3.05, 3.63) is 35.9 Å². The van der Waals surface area contributed by atoms with E-state index in [4.69, 9.17) is 9.47 Å². The monoisotopic (exact) mass is 380 g/mol. The lowest BCUT2D eigenvalue weighted by atomic mass is 10.1. The van der Waals surface area contributed by atoms with Gasteiger partial charge in [-0.3, -0.25) is 4.79 Å². The van der Waals surface area contributed by atoms with Crippen LogP contribution in [-0.4, -0.2) is 43.0 Å². The first-order chi connectivity index (χ1) is 12.6. The molecule has 2 amide bonds. The number of hydrogen-bond donors (Lipinski definition) is 2. The molecule has 0 aliphatic carbocycles. The van der Waals surface area contributed by atoms with Crippen molar-refractivity contribution in [1.29, 1.82) is 0 Å². The minimum Gasteiger partial charge on any atom is -0.469 e. The number of nitrogens with one attached hydrogen (secondary N) is 2. The van der Waals surface area contributed by atoms with Crippen LogP contribution in [0.4, 0.5) is 9.59 Å². The van der Waals surface area contributed by atoms with Crippen molar-refractivity contribution < 1.29 is 28.6 Å². The molecule has 1 rings (SSSR count). The topological polar surface area (TPSA) is 103 Å². The van der Waals surface area contributed by atoms with E-state index in [0.29, 0.717) is 0 Å². The van der Waals surface area contributed by atoms with Gasteiger partial charge in [-0.25, -0.2) is 9.59 Å². The molecule has 27 heavy (non-hydrogen) atoms. The van der Waals surface area contributed by atoms with Crippen molar-refractivity contribution in [1.82, 2.24) is 10.6 Å². The van der Waals surface area contributed by atoms with Crippen molar-refractivity contribution in [3.8, 4) is 0 Å². The molecular formula is C19H28N2O6. The Bertz CT molecular complexity index is 627. The Hall–Kier alpha value is -2.77. The summed E-state index contributed by atoms with van der Waals surface area (Å²) >= 11 is 0. The van der Waals surface area contributed by atoms with Gasteiger partial charge in [-0.1, -0.05) is 30.3 Å². The molecule has 0 aromatic heterocycles. The van der Waals surface area contributed by atoms with Crippen LogP contribution in [0.1, 0.15) is 39.7 Å². The summed E-state index contributed by atoms with van der Waals surface area (Å²) < 4.78 is 15.0. The molecule has 0 heterocycles. The molecule has 0 bridgehead atoms. The second-order valence-corrected chi connectivity index (χ2v) is 7.03. The van der Waals surface area contributed by atoms with E-state index in [1.807, 2.05) is 30.3 Å². The molecular weight excluding hydrogens is 352 g/mol. The third-order valence-electron chi connectivity index (χ3n) is 3.48. The molecule has 0 unspecified atom stereocenters. The van der Waals surface area contributed by atoms with Crippen LogP contribution in [0.2, 0.25) is 0 Å². The van der Waals surface area contributed by atoms with Gasteiger partial charge < -0.3 is 24.8 Å². The van der Waals surface area contributed by atoms with Crippen LogP contribution < -0.4 is 10.6 Å². The molecule has 1 aromatic rings. The summed E-state index contributed by atoms with van der Waals surface area (Å²) in [5.41, 5.74) is 0.168. The SMILES string of the molecule is COC(=O)C[C@H](NC(=O)OCc1ccccc1)[C@H](C)NC(=O)OC(C)(C)C. The smallest absolute Gasteiger partial charge is 0.407 e. The number of amides is 2. The summed E-state index contributed by atoms with van der Waals surface area (Å²) in [6.07, 6.45) is -1.48. The zero-order chi connectivity index (χ0) is 20.4. The van der Waals surface area contributed by atoms with E-state index in [0.717, 1.165) is 5.56 Å². The van der Waals surface area contributed by atoms with Crippen molar-refractivity contribution in [2.24, 2.45) is 0 Å². The highest BCUT2D eigenvalue weighted by atomic mass is 16.6. The Balaban J connectivity index is 2.65. The van der Waals surface area contributed by atoms with Crippen molar-refractivity contribution >= 4 is 18.2 Å². The lowest BCUT2D eigenvalue weighted by Gasteiger charge is -2.27. The number of hydrogen-bond acceptors (Lipinski definition) is 6. The minimum absolute atomic E-state index is 0.0888. The molecule has 0 radical (unpaired) electrons. The molecule has 2 N–H and O–H groups in total. The summed E-state index contributed by atoms with van der Waals surface area (Å²) in [5.74, 6) is -0.527. The van der Waals surface area contributed by atoms with E-state index in [2.05, 4.69) is 15.4 Å². The molecule has 8 heteroatoms. The molecule has 8 nitrogen and oxygen atoms in total. The fourth-order valence-electron chi connectivity index (χ4n) is 2.13. The first kappa shape index (κ1) is 22.3. The summed E-state index contributed by atoms with van der Waals surface area (Å²) in [4.78, 5) is 35.7. The van der Waals surface area contributed by atoms with Crippen LogP contribution in [0.15, 0.2) is 30.3 Å². The molecule has 0 aliphatic heterocycles. The predicted octanol–water partition coefficient (Wildman–Crippen LogP) is 2.76. The lowest BCUT2D eigenvalue weighted by molar-refractivity contribution is -0.141. The van der Waals surface area contributed by atoms with Gasteiger partial charge in [0.2, 0.25) is 0 Å². The van der Waals surface area contributed by atoms with Crippen LogP contribution in [0.3, 0.4) is 0 Å². The molecule has 0 fully saturated rings. The maximum atomic E-state index is 12.1. The van der Waals surface area contributed by atoms with Crippen LogP contribution >= 0.6 is 0 Å². The van der Waals surface area contributed by atoms with Gasteiger partial charge in [-0.05, 0) is 33.3 Å². The molecule has 0 spiro atoms. The minimum atomic E-state index is -0.728. The standard InChI is InChI=1S/C19H28N2O6/c1-13(20-18(24)27-19(2,3)4)15(11-16(22)25-5)21-17(23)26-12-14-9-7-6-8-10-14/h6-10,13,15H,11-12H2,1-5H3,(H,20,24)(H,21,23)/t13-,15-/m0/s1. The lowest BCUT2D eigenvalue weighted by Crippen LogP contribution is -2.52. The average molecular weight is 380 g/mol. The molecule has 0 aliphatic rings.